The second kappa shape index (κ2) is 7.14. The van der Waals surface area contributed by atoms with Gasteiger partial charge in [-0.2, -0.15) is 5.26 Å². The molecule has 6 heteroatoms. The molecule has 5 nitrogen and oxygen atoms in total. The number of nitrogen functional groups attached to an aromatic ring is 1. The summed E-state index contributed by atoms with van der Waals surface area (Å²) in [5.41, 5.74) is 9.54. The van der Waals surface area contributed by atoms with Crippen molar-refractivity contribution in [2.75, 3.05) is 5.73 Å². The Bertz CT molecular complexity index is 1250. The van der Waals surface area contributed by atoms with Crippen LogP contribution in [0.4, 0.5) is 5.82 Å². The fourth-order valence-corrected chi connectivity index (χ4v) is 4.01. The standard InChI is InChI=1S/C22H16N4OS/c1-26-20(24)16(12-23)18(15-10-6-3-7-11-15)19(22(26)27)21-25-17(13-28-21)14-8-4-2-5-9-14/h2-11,13H,24H2,1H3. The van der Waals surface area contributed by atoms with E-state index in [2.05, 4.69) is 6.07 Å². The molecule has 0 atom stereocenters. The number of thiazole rings is 1. The average Bonchev–Trinajstić information content (AvgIpc) is 3.23. The number of anilines is 1. The van der Waals surface area contributed by atoms with E-state index in [0.717, 1.165) is 16.8 Å². The fraction of sp³-hybridized carbons (Fsp3) is 0.0455. The van der Waals surface area contributed by atoms with Crippen molar-refractivity contribution in [2.45, 2.75) is 0 Å². The predicted molar refractivity (Wildman–Crippen MR) is 113 cm³/mol. The van der Waals surface area contributed by atoms with Gasteiger partial charge in [0, 0.05) is 23.6 Å². The van der Waals surface area contributed by atoms with Crippen LogP contribution < -0.4 is 11.3 Å². The molecule has 0 aliphatic heterocycles. The zero-order valence-corrected chi connectivity index (χ0v) is 15.9. The number of nitrogens with zero attached hydrogens (tertiary/aromatic N) is 3. The van der Waals surface area contributed by atoms with Crippen molar-refractivity contribution in [1.82, 2.24) is 9.55 Å². The first-order chi connectivity index (χ1) is 13.6. The van der Waals surface area contributed by atoms with E-state index >= 15 is 0 Å². The maximum absolute atomic E-state index is 13.1. The monoisotopic (exact) mass is 384 g/mol. The van der Waals surface area contributed by atoms with E-state index in [-0.39, 0.29) is 16.9 Å². The normalized spacial score (nSPS) is 10.6. The van der Waals surface area contributed by atoms with Gasteiger partial charge in [0.1, 0.15) is 22.5 Å². The van der Waals surface area contributed by atoms with Crippen molar-refractivity contribution in [3.8, 4) is 39.0 Å². The minimum absolute atomic E-state index is 0.148. The summed E-state index contributed by atoms with van der Waals surface area (Å²) in [5.74, 6) is 0.148. The summed E-state index contributed by atoms with van der Waals surface area (Å²) in [7, 11) is 1.57. The third-order valence-electron chi connectivity index (χ3n) is 4.60. The van der Waals surface area contributed by atoms with E-state index in [4.69, 9.17) is 10.7 Å². The van der Waals surface area contributed by atoms with Gasteiger partial charge in [0.15, 0.2) is 0 Å². The van der Waals surface area contributed by atoms with Crippen LogP contribution in [0.15, 0.2) is 70.8 Å². The van der Waals surface area contributed by atoms with Gasteiger partial charge in [0.2, 0.25) is 0 Å². The van der Waals surface area contributed by atoms with Crippen LogP contribution in [0.2, 0.25) is 0 Å². The molecular weight excluding hydrogens is 368 g/mol. The smallest absolute Gasteiger partial charge is 0.262 e. The Morgan fingerprint density at radius 2 is 1.61 bits per heavy atom. The minimum Gasteiger partial charge on any atom is -0.384 e. The lowest BCUT2D eigenvalue weighted by molar-refractivity contribution is 0.875. The molecule has 0 saturated heterocycles. The number of nitriles is 1. The Kier molecular flexibility index (Phi) is 4.52. The van der Waals surface area contributed by atoms with Gasteiger partial charge in [-0.25, -0.2) is 4.98 Å². The molecule has 4 aromatic rings. The third-order valence-corrected chi connectivity index (χ3v) is 5.46. The molecule has 4 rings (SSSR count). The van der Waals surface area contributed by atoms with Gasteiger partial charge in [0.25, 0.3) is 5.56 Å². The van der Waals surface area contributed by atoms with Gasteiger partial charge in [-0.1, -0.05) is 60.7 Å². The van der Waals surface area contributed by atoms with Crippen LogP contribution in [0, 0.1) is 11.3 Å². The maximum Gasteiger partial charge on any atom is 0.262 e. The van der Waals surface area contributed by atoms with Crippen molar-refractivity contribution in [3.05, 3.63) is 82.0 Å². The first kappa shape index (κ1) is 17.7. The quantitative estimate of drug-likeness (QED) is 0.571. The Morgan fingerprint density at radius 1 is 1.00 bits per heavy atom. The highest BCUT2D eigenvalue weighted by Gasteiger charge is 2.23. The van der Waals surface area contributed by atoms with Gasteiger partial charge in [-0.3, -0.25) is 9.36 Å². The summed E-state index contributed by atoms with van der Waals surface area (Å²) >= 11 is 1.38. The van der Waals surface area contributed by atoms with Gasteiger partial charge >= 0.3 is 0 Å². The molecule has 0 saturated carbocycles. The maximum atomic E-state index is 13.1. The molecule has 0 bridgehead atoms. The van der Waals surface area contributed by atoms with Gasteiger partial charge in [0.05, 0.1) is 11.3 Å². The topological polar surface area (TPSA) is 84.7 Å². The molecule has 136 valence electrons. The Morgan fingerprint density at radius 3 is 2.21 bits per heavy atom. The Hall–Kier alpha value is -3.69. The zero-order chi connectivity index (χ0) is 19.7. The SMILES string of the molecule is Cn1c(N)c(C#N)c(-c2ccccc2)c(-c2nc(-c3ccccc3)cs2)c1=O. The largest absolute Gasteiger partial charge is 0.384 e. The van der Waals surface area contributed by atoms with E-state index in [0.29, 0.717) is 16.1 Å². The molecule has 2 N–H and O–H groups in total. The van der Waals surface area contributed by atoms with E-state index in [9.17, 15) is 10.1 Å². The lowest BCUT2D eigenvalue weighted by atomic mass is 9.96. The highest BCUT2D eigenvalue weighted by atomic mass is 32.1. The predicted octanol–water partition coefficient (Wildman–Crippen LogP) is 4.30. The molecule has 0 radical (unpaired) electrons. The van der Waals surface area contributed by atoms with Crippen molar-refractivity contribution >= 4 is 17.2 Å². The summed E-state index contributed by atoms with van der Waals surface area (Å²) in [4.78, 5) is 17.8. The first-order valence-corrected chi connectivity index (χ1v) is 9.49. The molecule has 0 fully saturated rings. The van der Waals surface area contributed by atoms with Gasteiger partial charge < -0.3 is 5.73 Å². The minimum atomic E-state index is -0.274. The lowest BCUT2D eigenvalue weighted by Crippen LogP contribution is -2.24. The molecule has 2 aromatic carbocycles. The van der Waals surface area contributed by atoms with Gasteiger partial charge in [-0.05, 0) is 5.56 Å². The van der Waals surface area contributed by atoms with E-state index in [1.165, 1.54) is 15.9 Å². The highest BCUT2D eigenvalue weighted by molar-refractivity contribution is 7.13. The summed E-state index contributed by atoms with van der Waals surface area (Å²) in [6.07, 6.45) is 0. The molecule has 28 heavy (non-hydrogen) atoms. The lowest BCUT2D eigenvalue weighted by Gasteiger charge is -2.14. The number of pyridine rings is 1. The summed E-state index contributed by atoms with van der Waals surface area (Å²) in [6.45, 7) is 0. The third kappa shape index (κ3) is 2.88. The molecule has 2 aromatic heterocycles. The van der Waals surface area contributed by atoms with Crippen molar-refractivity contribution in [2.24, 2.45) is 7.05 Å². The first-order valence-electron chi connectivity index (χ1n) is 8.61. The van der Waals surface area contributed by atoms with Gasteiger partial charge in [-0.15, -0.1) is 11.3 Å². The van der Waals surface area contributed by atoms with Crippen LogP contribution in [0.3, 0.4) is 0 Å². The number of benzene rings is 2. The van der Waals surface area contributed by atoms with Crippen LogP contribution in [-0.4, -0.2) is 9.55 Å². The zero-order valence-electron chi connectivity index (χ0n) is 15.1. The molecule has 0 aliphatic rings. The fourth-order valence-electron chi connectivity index (χ4n) is 3.14. The second-order valence-corrected chi connectivity index (χ2v) is 7.11. The van der Waals surface area contributed by atoms with Crippen LogP contribution in [0.25, 0.3) is 33.0 Å². The van der Waals surface area contributed by atoms with E-state index in [1.807, 2.05) is 66.0 Å². The van der Waals surface area contributed by atoms with Crippen molar-refractivity contribution < 1.29 is 0 Å². The molecule has 0 amide bonds. The van der Waals surface area contributed by atoms with Crippen LogP contribution in [0.5, 0.6) is 0 Å². The summed E-state index contributed by atoms with van der Waals surface area (Å²) in [5, 5.41) is 12.3. The van der Waals surface area contributed by atoms with Crippen molar-refractivity contribution in [1.29, 1.82) is 5.26 Å². The van der Waals surface area contributed by atoms with Crippen LogP contribution in [0.1, 0.15) is 5.56 Å². The Balaban J connectivity index is 2.03. The summed E-state index contributed by atoms with van der Waals surface area (Å²) < 4.78 is 1.31. The van der Waals surface area contributed by atoms with E-state index < -0.39 is 0 Å². The number of hydrogen-bond donors (Lipinski definition) is 1. The highest BCUT2D eigenvalue weighted by Crippen LogP contribution is 2.37. The molecule has 0 spiro atoms. The molecular formula is C22H16N4OS. The number of nitrogens with two attached hydrogens (primary N) is 1. The Labute approximate surface area is 166 Å². The number of rotatable bonds is 3. The van der Waals surface area contributed by atoms with Crippen LogP contribution >= 0.6 is 11.3 Å². The van der Waals surface area contributed by atoms with E-state index in [1.54, 1.807) is 7.05 Å². The number of aromatic nitrogens is 2. The second-order valence-electron chi connectivity index (χ2n) is 6.26. The van der Waals surface area contributed by atoms with Crippen molar-refractivity contribution in [3.63, 3.8) is 0 Å². The molecule has 0 aliphatic carbocycles. The van der Waals surface area contributed by atoms with Crippen LogP contribution in [-0.2, 0) is 7.05 Å². The molecule has 2 heterocycles. The molecule has 0 unspecified atom stereocenters. The summed E-state index contributed by atoms with van der Waals surface area (Å²) in [6, 6.07) is 21.3. The number of hydrogen-bond acceptors (Lipinski definition) is 5. The average molecular weight is 384 g/mol.